The smallest absolute Gasteiger partial charge is 0.0406 e. The minimum Gasteiger partial charge on any atom is -0.310 e. The first-order valence-electron chi connectivity index (χ1n) is 7.39. The fraction of sp³-hybridized carbons (Fsp3) is 0.625. The van der Waals surface area contributed by atoms with E-state index >= 15 is 0 Å². The van der Waals surface area contributed by atoms with Crippen LogP contribution in [0.5, 0.6) is 0 Å². The molecule has 0 unspecified atom stereocenters. The Morgan fingerprint density at radius 3 is 2.53 bits per heavy atom. The average molecular weight is 281 g/mol. The maximum Gasteiger partial charge on any atom is 0.0406 e. The molecule has 0 aromatic heterocycles. The molecule has 0 bridgehead atoms. The summed E-state index contributed by atoms with van der Waals surface area (Å²) in [7, 11) is 0. The van der Waals surface area contributed by atoms with Gasteiger partial charge < -0.3 is 5.32 Å². The monoisotopic (exact) mass is 280 g/mol. The Balaban J connectivity index is 2.04. The molecule has 0 amide bonds. The number of rotatable bonds is 4. The van der Waals surface area contributed by atoms with Crippen LogP contribution in [0.15, 0.2) is 24.3 Å². The maximum absolute atomic E-state index is 5.95. The molecule has 19 heavy (non-hydrogen) atoms. The third kappa shape index (κ3) is 3.95. The lowest BCUT2D eigenvalue weighted by Gasteiger charge is -2.35. The van der Waals surface area contributed by atoms with E-state index in [4.69, 9.17) is 11.6 Å². The average Bonchev–Trinajstić information content (AvgIpc) is 2.64. The van der Waals surface area contributed by atoms with Gasteiger partial charge in [-0.3, -0.25) is 4.90 Å². The van der Waals surface area contributed by atoms with E-state index in [-0.39, 0.29) is 0 Å². The Kier molecular flexibility index (Phi) is 5.26. The normalized spacial score (nSPS) is 20.2. The van der Waals surface area contributed by atoms with E-state index in [9.17, 15) is 0 Å². The Labute approximate surface area is 122 Å². The van der Waals surface area contributed by atoms with Crippen LogP contribution in [0.2, 0.25) is 5.02 Å². The SMILES string of the molecule is CCC1(CC)CN(Cc2ccc(Cl)cc2)CCCN1. The van der Waals surface area contributed by atoms with Crippen LogP contribution in [0, 0.1) is 0 Å². The second-order valence-electron chi connectivity index (χ2n) is 5.60. The summed E-state index contributed by atoms with van der Waals surface area (Å²) >= 11 is 5.95. The standard InChI is InChI=1S/C16H25ClN2/c1-3-16(4-2)13-19(11-5-10-18-16)12-14-6-8-15(17)9-7-14/h6-9,18H,3-5,10-13H2,1-2H3. The number of benzene rings is 1. The first-order chi connectivity index (χ1) is 9.17. The molecule has 106 valence electrons. The Morgan fingerprint density at radius 1 is 1.21 bits per heavy atom. The molecule has 0 spiro atoms. The number of hydrogen-bond acceptors (Lipinski definition) is 2. The molecule has 0 aliphatic carbocycles. The highest BCUT2D eigenvalue weighted by atomic mass is 35.5. The fourth-order valence-electron chi connectivity index (χ4n) is 2.93. The molecule has 1 aliphatic heterocycles. The molecule has 0 radical (unpaired) electrons. The number of nitrogens with zero attached hydrogens (tertiary/aromatic N) is 1. The lowest BCUT2D eigenvalue weighted by atomic mass is 9.92. The Morgan fingerprint density at radius 2 is 1.89 bits per heavy atom. The molecule has 1 aromatic carbocycles. The van der Waals surface area contributed by atoms with Crippen molar-refractivity contribution < 1.29 is 0 Å². The third-order valence-corrected chi connectivity index (χ3v) is 4.60. The van der Waals surface area contributed by atoms with Crippen LogP contribution < -0.4 is 5.32 Å². The Hall–Kier alpha value is -0.570. The van der Waals surface area contributed by atoms with E-state index in [1.54, 1.807) is 0 Å². The zero-order valence-electron chi connectivity index (χ0n) is 12.1. The molecule has 1 aliphatic rings. The van der Waals surface area contributed by atoms with Gasteiger partial charge in [0.15, 0.2) is 0 Å². The summed E-state index contributed by atoms with van der Waals surface area (Å²) in [6.07, 6.45) is 3.62. The quantitative estimate of drug-likeness (QED) is 0.905. The zero-order valence-corrected chi connectivity index (χ0v) is 12.8. The highest BCUT2D eigenvalue weighted by Gasteiger charge is 2.29. The summed E-state index contributed by atoms with van der Waals surface area (Å²) < 4.78 is 0. The van der Waals surface area contributed by atoms with Gasteiger partial charge in [0.05, 0.1) is 0 Å². The minimum atomic E-state index is 0.295. The van der Waals surface area contributed by atoms with Gasteiger partial charge in [-0.15, -0.1) is 0 Å². The van der Waals surface area contributed by atoms with Crippen molar-refractivity contribution in [3.8, 4) is 0 Å². The number of halogens is 1. The third-order valence-electron chi connectivity index (χ3n) is 4.35. The van der Waals surface area contributed by atoms with Crippen molar-refractivity contribution in [1.29, 1.82) is 0 Å². The molecule has 0 saturated carbocycles. The molecule has 0 atom stereocenters. The van der Waals surface area contributed by atoms with E-state index in [0.717, 1.165) is 24.7 Å². The predicted molar refractivity (Wildman–Crippen MR) is 82.7 cm³/mol. The van der Waals surface area contributed by atoms with Gasteiger partial charge in [0.2, 0.25) is 0 Å². The van der Waals surface area contributed by atoms with Crippen molar-refractivity contribution in [2.24, 2.45) is 0 Å². The van der Waals surface area contributed by atoms with Gasteiger partial charge in [0, 0.05) is 23.7 Å². The lowest BCUT2D eigenvalue weighted by molar-refractivity contribution is 0.191. The number of nitrogens with one attached hydrogen (secondary N) is 1. The summed E-state index contributed by atoms with van der Waals surface area (Å²) in [5.74, 6) is 0. The van der Waals surface area contributed by atoms with Gasteiger partial charge in [-0.2, -0.15) is 0 Å². The van der Waals surface area contributed by atoms with Gasteiger partial charge in [-0.05, 0) is 50.0 Å². The maximum atomic E-state index is 5.95. The van der Waals surface area contributed by atoms with Gasteiger partial charge in [-0.1, -0.05) is 37.6 Å². The van der Waals surface area contributed by atoms with Crippen molar-refractivity contribution in [3.63, 3.8) is 0 Å². The van der Waals surface area contributed by atoms with E-state index in [1.165, 1.54) is 31.4 Å². The lowest BCUT2D eigenvalue weighted by Crippen LogP contribution is -2.50. The van der Waals surface area contributed by atoms with Gasteiger partial charge in [0.1, 0.15) is 0 Å². The highest BCUT2D eigenvalue weighted by molar-refractivity contribution is 6.30. The topological polar surface area (TPSA) is 15.3 Å². The molecular formula is C16H25ClN2. The van der Waals surface area contributed by atoms with Gasteiger partial charge in [-0.25, -0.2) is 0 Å². The summed E-state index contributed by atoms with van der Waals surface area (Å²) in [6.45, 7) is 9.07. The molecule has 2 rings (SSSR count). The molecule has 1 saturated heterocycles. The van der Waals surface area contributed by atoms with Crippen LogP contribution in [0.3, 0.4) is 0 Å². The summed E-state index contributed by atoms with van der Waals surface area (Å²) in [4.78, 5) is 2.58. The largest absolute Gasteiger partial charge is 0.310 e. The van der Waals surface area contributed by atoms with Crippen molar-refractivity contribution >= 4 is 11.6 Å². The molecule has 2 nitrogen and oxygen atoms in total. The van der Waals surface area contributed by atoms with Crippen LogP contribution in [0.4, 0.5) is 0 Å². The van der Waals surface area contributed by atoms with Crippen LogP contribution in [0.1, 0.15) is 38.7 Å². The van der Waals surface area contributed by atoms with Crippen molar-refractivity contribution in [3.05, 3.63) is 34.9 Å². The van der Waals surface area contributed by atoms with E-state index < -0.39 is 0 Å². The van der Waals surface area contributed by atoms with Crippen molar-refractivity contribution in [1.82, 2.24) is 10.2 Å². The summed E-state index contributed by atoms with van der Waals surface area (Å²) in [5.41, 5.74) is 1.65. The molecule has 1 aromatic rings. The minimum absolute atomic E-state index is 0.295. The fourth-order valence-corrected chi connectivity index (χ4v) is 3.05. The van der Waals surface area contributed by atoms with E-state index in [1.807, 2.05) is 12.1 Å². The van der Waals surface area contributed by atoms with Crippen LogP contribution in [-0.4, -0.2) is 30.1 Å². The van der Waals surface area contributed by atoms with Gasteiger partial charge >= 0.3 is 0 Å². The van der Waals surface area contributed by atoms with Crippen LogP contribution in [0.25, 0.3) is 0 Å². The van der Waals surface area contributed by atoms with E-state index in [2.05, 4.69) is 36.2 Å². The first-order valence-corrected chi connectivity index (χ1v) is 7.77. The molecule has 1 N–H and O–H groups in total. The highest BCUT2D eigenvalue weighted by Crippen LogP contribution is 2.21. The summed E-state index contributed by atoms with van der Waals surface area (Å²) in [6, 6.07) is 8.25. The van der Waals surface area contributed by atoms with E-state index in [0.29, 0.717) is 5.54 Å². The molecule has 3 heteroatoms. The van der Waals surface area contributed by atoms with Gasteiger partial charge in [0.25, 0.3) is 0 Å². The Bertz CT molecular complexity index is 384. The second-order valence-corrected chi connectivity index (χ2v) is 6.04. The summed E-state index contributed by atoms with van der Waals surface area (Å²) in [5, 5.41) is 4.57. The zero-order chi connectivity index (χ0) is 13.7. The molecule has 1 heterocycles. The van der Waals surface area contributed by atoms with Crippen LogP contribution in [-0.2, 0) is 6.54 Å². The number of hydrogen-bond donors (Lipinski definition) is 1. The molecular weight excluding hydrogens is 256 g/mol. The van der Waals surface area contributed by atoms with Crippen molar-refractivity contribution in [2.45, 2.75) is 45.2 Å². The first kappa shape index (κ1) is 14.8. The predicted octanol–water partition coefficient (Wildman–Crippen LogP) is 3.69. The van der Waals surface area contributed by atoms with Crippen molar-refractivity contribution in [2.75, 3.05) is 19.6 Å². The van der Waals surface area contributed by atoms with Crippen LogP contribution >= 0.6 is 11.6 Å². The second kappa shape index (κ2) is 6.74. The molecule has 1 fully saturated rings.